The molecule has 0 radical (unpaired) electrons. The third kappa shape index (κ3) is 3.43. The van der Waals surface area contributed by atoms with E-state index in [1.165, 1.54) is 6.07 Å². The van der Waals surface area contributed by atoms with E-state index in [9.17, 15) is 9.50 Å². The topological polar surface area (TPSA) is 50.1 Å². The fraction of sp³-hybridized carbons (Fsp3) is 0.400. The van der Waals surface area contributed by atoms with E-state index in [4.69, 9.17) is 0 Å². The van der Waals surface area contributed by atoms with Crippen LogP contribution in [0.1, 0.15) is 36.6 Å². The molecule has 20 heavy (non-hydrogen) atoms. The molecule has 2 N–H and O–H groups in total. The molecule has 0 amide bonds. The molecule has 2 unspecified atom stereocenters. The van der Waals surface area contributed by atoms with Crippen molar-refractivity contribution in [3.8, 4) is 0 Å². The lowest BCUT2D eigenvalue weighted by Crippen LogP contribution is -2.26. The van der Waals surface area contributed by atoms with Gasteiger partial charge >= 0.3 is 0 Å². The molecule has 5 heteroatoms. The van der Waals surface area contributed by atoms with Crippen molar-refractivity contribution in [2.24, 2.45) is 7.05 Å². The summed E-state index contributed by atoms with van der Waals surface area (Å²) in [6.45, 7) is 2.36. The summed E-state index contributed by atoms with van der Waals surface area (Å²) in [6, 6.07) is 6.40. The zero-order chi connectivity index (χ0) is 14.5. The normalized spacial score (nSPS) is 14.2. The Bertz CT molecular complexity index is 556. The molecule has 0 aliphatic rings. The van der Waals surface area contributed by atoms with E-state index < -0.39 is 6.10 Å². The third-order valence-corrected chi connectivity index (χ3v) is 3.36. The second-order valence-corrected chi connectivity index (χ2v) is 4.85. The van der Waals surface area contributed by atoms with Crippen LogP contribution in [0.5, 0.6) is 0 Å². The number of aliphatic hydroxyl groups is 1. The van der Waals surface area contributed by atoms with Crippen LogP contribution in [0, 0.1) is 5.82 Å². The standard InChI is InChI=1S/C15H20FN3O/c1-3-14(11-8-18-19(2)10-11)17-9-15(20)12-6-4-5-7-13(12)16/h4-8,10,14-15,17,20H,3,9H2,1-2H3. The number of rotatable bonds is 6. The van der Waals surface area contributed by atoms with Gasteiger partial charge in [0.2, 0.25) is 0 Å². The highest BCUT2D eigenvalue weighted by molar-refractivity contribution is 5.20. The van der Waals surface area contributed by atoms with Crippen LogP contribution >= 0.6 is 0 Å². The van der Waals surface area contributed by atoms with Gasteiger partial charge in [-0.15, -0.1) is 0 Å². The quantitative estimate of drug-likeness (QED) is 0.852. The van der Waals surface area contributed by atoms with E-state index in [1.807, 2.05) is 13.2 Å². The number of aryl methyl sites for hydroxylation is 1. The summed E-state index contributed by atoms with van der Waals surface area (Å²) < 4.78 is 15.3. The molecule has 4 nitrogen and oxygen atoms in total. The van der Waals surface area contributed by atoms with Crippen LogP contribution in [0.4, 0.5) is 4.39 Å². The Morgan fingerprint density at radius 3 is 2.75 bits per heavy atom. The number of nitrogens with one attached hydrogen (secondary N) is 1. The molecule has 2 aromatic rings. The van der Waals surface area contributed by atoms with E-state index in [2.05, 4.69) is 17.3 Å². The maximum Gasteiger partial charge on any atom is 0.129 e. The molecule has 1 aromatic carbocycles. The fourth-order valence-corrected chi connectivity index (χ4v) is 2.23. The highest BCUT2D eigenvalue weighted by atomic mass is 19.1. The molecular weight excluding hydrogens is 257 g/mol. The van der Waals surface area contributed by atoms with Crippen molar-refractivity contribution in [3.63, 3.8) is 0 Å². The minimum Gasteiger partial charge on any atom is -0.387 e. The van der Waals surface area contributed by atoms with Crippen molar-refractivity contribution < 1.29 is 9.50 Å². The van der Waals surface area contributed by atoms with Gasteiger partial charge in [0, 0.05) is 37.0 Å². The Morgan fingerprint density at radius 2 is 2.15 bits per heavy atom. The predicted molar refractivity (Wildman–Crippen MR) is 75.6 cm³/mol. The Balaban J connectivity index is 1.98. The van der Waals surface area contributed by atoms with Crippen LogP contribution in [-0.4, -0.2) is 21.4 Å². The highest BCUT2D eigenvalue weighted by Crippen LogP contribution is 2.19. The molecule has 0 bridgehead atoms. The van der Waals surface area contributed by atoms with Gasteiger partial charge in [-0.2, -0.15) is 5.10 Å². The van der Waals surface area contributed by atoms with Gasteiger partial charge in [0.05, 0.1) is 12.3 Å². The lowest BCUT2D eigenvalue weighted by Gasteiger charge is -2.19. The van der Waals surface area contributed by atoms with Gasteiger partial charge < -0.3 is 10.4 Å². The molecule has 0 fully saturated rings. The zero-order valence-corrected chi connectivity index (χ0v) is 11.8. The molecule has 0 aliphatic heterocycles. The van der Waals surface area contributed by atoms with Crippen LogP contribution in [-0.2, 0) is 7.05 Å². The van der Waals surface area contributed by atoms with Gasteiger partial charge in [0.1, 0.15) is 5.82 Å². The van der Waals surface area contributed by atoms with Crippen LogP contribution in [0.2, 0.25) is 0 Å². The average Bonchev–Trinajstić information content (AvgIpc) is 2.86. The first-order valence-corrected chi connectivity index (χ1v) is 6.76. The van der Waals surface area contributed by atoms with Crippen molar-refractivity contribution >= 4 is 0 Å². The number of halogens is 1. The lowest BCUT2D eigenvalue weighted by atomic mass is 10.1. The summed E-state index contributed by atoms with van der Waals surface area (Å²) in [5.41, 5.74) is 1.39. The minimum atomic E-state index is -0.859. The fourth-order valence-electron chi connectivity index (χ4n) is 2.23. The summed E-state index contributed by atoms with van der Waals surface area (Å²) in [5.74, 6) is -0.378. The van der Waals surface area contributed by atoms with Gasteiger partial charge in [-0.1, -0.05) is 25.1 Å². The first-order valence-electron chi connectivity index (χ1n) is 6.76. The van der Waals surface area contributed by atoms with E-state index in [-0.39, 0.29) is 11.9 Å². The van der Waals surface area contributed by atoms with Gasteiger partial charge in [-0.3, -0.25) is 4.68 Å². The Hall–Kier alpha value is -1.72. The van der Waals surface area contributed by atoms with Crippen molar-refractivity contribution in [3.05, 3.63) is 53.6 Å². The summed E-state index contributed by atoms with van der Waals surface area (Å²) in [7, 11) is 1.87. The second-order valence-electron chi connectivity index (χ2n) is 4.85. The monoisotopic (exact) mass is 277 g/mol. The number of hydrogen-bond acceptors (Lipinski definition) is 3. The van der Waals surface area contributed by atoms with E-state index in [1.54, 1.807) is 29.1 Å². The molecule has 2 rings (SSSR count). The number of nitrogens with zero attached hydrogens (tertiary/aromatic N) is 2. The summed E-state index contributed by atoms with van der Waals surface area (Å²) in [4.78, 5) is 0. The van der Waals surface area contributed by atoms with Crippen LogP contribution in [0.25, 0.3) is 0 Å². The molecule has 1 aromatic heterocycles. The third-order valence-electron chi connectivity index (χ3n) is 3.36. The number of aromatic nitrogens is 2. The van der Waals surface area contributed by atoms with Gasteiger partial charge in [-0.05, 0) is 12.5 Å². The van der Waals surface area contributed by atoms with Crippen molar-refractivity contribution in [1.29, 1.82) is 0 Å². The Labute approximate surface area is 118 Å². The molecule has 108 valence electrons. The van der Waals surface area contributed by atoms with E-state index >= 15 is 0 Å². The first-order chi connectivity index (χ1) is 9.61. The van der Waals surface area contributed by atoms with E-state index in [0.717, 1.165) is 12.0 Å². The first kappa shape index (κ1) is 14.7. The Kier molecular flexibility index (Phi) is 4.87. The van der Waals surface area contributed by atoms with Crippen molar-refractivity contribution in [2.45, 2.75) is 25.5 Å². The van der Waals surface area contributed by atoms with Gasteiger partial charge in [0.25, 0.3) is 0 Å². The predicted octanol–water partition coefficient (Wildman–Crippen LogP) is 2.33. The minimum absolute atomic E-state index is 0.102. The van der Waals surface area contributed by atoms with Crippen LogP contribution in [0.3, 0.4) is 0 Å². The SMILES string of the molecule is CCC(NCC(O)c1ccccc1F)c1cnn(C)c1. The zero-order valence-electron chi connectivity index (χ0n) is 11.8. The molecular formula is C15H20FN3O. The maximum absolute atomic E-state index is 13.6. The van der Waals surface area contributed by atoms with Gasteiger partial charge in [0.15, 0.2) is 0 Å². The number of benzene rings is 1. The van der Waals surface area contributed by atoms with E-state index in [0.29, 0.717) is 12.1 Å². The smallest absolute Gasteiger partial charge is 0.129 e. The summed E-state index contributed by atoms with van der Waals surface area (Å²) in [6.07, 6.45) is 3.75. The Morgan fingerprint density at radius 1 is 1.40 bits per heavy atom. The molecule has 0 spiro atoms. The molecule has 1 heterocycles. The number of aliphatic hydroxyl groups excluding tert-OH is 1. The summed E-state index contributed by atoms with van der Waals surface area (Å²) >= 11 is 0. The van der Waals surface area contributed by atoms with Crippen molar-refractivity contribution in [2.75, 3.05) is 6.54 Å². The van der Waals surface area contributed by atoms with Crippen LogP contribution < -0.4 is 5.32 Å². The van der Waals surface area contributed by atoms with Gasteiger partial charge in [-0.25, -0.2) is 4.39 Å². The molecule has 0 saturated carbocycles. The summed E-state index contributed by atoms with van der Waals surface area (Å²) in [5, 5.41) is 17.5. The number of hydrogen-bond donors (Lipinski definition) is 2. The molecule has 2 atom stereocenters. The second kappa shape index (κ2) is 6.63. The largest absolute Gasteiger partial charge is 0.387 e. The van der Waals surface area contributed by atoms with Crippen molar-refractivity contribution in [1.82, 2.24) is 15.1 Å². The maximum atomic E-state index is 13.6. The lowest BCUT2D eigenvalue weighted by molar-refractivity contribution is 0.165. The average molecular weight is 277 g/mol. The molecule has 0 aliphatic carbocycles. The highest BCUT2D eigenvalue weighted by Gasteiger charge is 2.16. The van der Waals surface area contributed by atoms with Crippen LogP contribution in [0.15, 0.2) is 36.7 Å². The molecule has 0 saturated heterocycles.